The molecule has 20 heavy (non-hydrogen) atoms. The fourth-order valence-corrected chi connectivity index (χ4v) is 2.82. The second kappa shape index (κ2) is 6.29. The molecule has 0 aromatic heterocycles. The lowest BCUT2D eigenvalue weighted by Crippen LogP contribution is -2.40. The van der Waals surface area contributed by atoms with E-state index in [-0.39, 0.29) is 18.9 Å². The first-order chi connectivity index (χ1) is 9.61. The average molecular weight is 272 g/mol. The maximum Gasteiger partial charge on any atom is 0.236 e. The van der Waals surface area contributed by atoms with Crippen LogP contribution in [0.1, 0.15) is 31.2 Å². The minimum atomic E-state index is -0.337. The van der Waals surface area contributed by atoms with Gasteiger partial charge in [0.1, 0.15) is 0 Å². The summed E-state index contributed by atoms with van der Waals surface area (Å²) in [5.41, 5.74) is 13.6. The van der Waals surface area contributed by atoms with Crippen LogP contribution < -0.4 is 16.4 Å². The minimum Gasteiger partial charge on any atom is -0.398 e. The number of rotatable bonds is 5. The van der Waals surface area contributed by atoms with E-state index in [1.807, 2.05) is 12.1 Å². The van der Waals surface area contributed by atoms with Crippen LogP contribution in [0.3, 0.4) is 0 Å². The van der Waals surface area contributed by atoms with Gasteiger partial charge in [-0.2, -0.15) is 5.26 Å². The van der Waals surface area contributed by atoms with Crippen molar-refractivity contribution >= 4 is 17.3 Å². The number of carbonyl (C=O) groups excluding carboxylic acids is 1. The number of nitrogen functional groups attached to an aromatic ring is 1. The van der Waals surface area contributed by atoms with Crippen molar-refractivity contribution in [1.29, 1.82) is 5.26 Å². The normalized spacial score (nSPS) is 14.9. The van der Waals surface area contributed by atoms with E-state index < -0.39 is 0 Å². The van der Waals surface area contributed by atoms with Crippen LogP contribution in [0.5, 0.6) is 0 Å². The Hall–Kier alpha value is -2.22. The third-order valence-electron chi connectivity index (χ3n) is 3.82. The Kier molecular flexibility index (Phi) is 4.46. The largest absolute Gasteiger partial charge is 0.398 e. The van der Waals surface area contributed by atoms with Gasteiger partial charge in [-0.25, -0.2) is 0 Å². The predicted octanol–water partition coefficient (Wildman–Crippen LogP) is 1.57. The number of carbonyl (C=O) groups is 1. The topological polar surface area (TPSA) is 96.1 Å². The van der Waals surface area contributed by atoms with E-state index in [2.05, 4.69) is 11.0 Å². The van der Waals surface area contributed by atoms with Crippen molar-refractivity contribution in [2.45, 2.75) is 38.1 Å². The van der Waals surface area contributed by atoms with Crippen molar-refractivity contribution in [3.63, 3.8) is 0 Å². The molecule has 1 aliphatic rings. The molecular weight excluding hydrogens is 252 g/mol. The molecule has 0 bridgehead atoms. The lowest BCUT2D eigenvalue weighted by atomic mass is 10.1. The van der Waals surface area contributed by atoms with Crippen LogP contribution in [0.2, 0.25) is 0 Å². The Bertz CT molecular complexity index is 529. The zero-order chi connectivity index (χ0) is 14.5. The Morgan fingerprint density at radius 2 is 2.10 bits per heavy atom. The summed E-state index contributed by atoms with van der Waals surface area (Å²) in [6.45, 7) is 0.209. The number of benzene rings is 1. The zero-order valence-corrected chi connectivity index (χ0v) is 11.5. The summed E-state index contributed by atoms with van der Waals surface area (Å²) in [4.78, 5) is 13.4. The fourth-order valence-electron chi connectivity index (χ4n) is 2.82. The number of nitriles is 1. The summed E-state index contributed by atoms with van der Waals surface area (Å²) in [7, 11) is 0. The van der Waals surface area contributed by atoms with Crippen molar-refractivity contribution < 1.29 is 4.79 Å². The summed E-state index contributed by atoms with van der Waals surface area (Å²) in [5.74, 6) is -0.337. The summed E-state index contributed by atoms with van der Waals surface area (Å²) in [6.07, 6.45) is 4.78. The monoisotopic (exact) mass is 272 g/mol. The third kappa shape index (κ3) is 3.21. The molecule has 1 aliphatic carbocycles. The third-order valence-corrected chi connectivity index (χ3v) is 3.82. The van der Waals surface area contributed by atoms with Crippen molar-refractivity contribution in [2.75, 3.05) is 17.2 Å². The molecule has 0 heterocycles. The van der Waals surface area contributed by atoms with Crippen LogP contribution >= 0.6 is 0 Å². The fraction of sp³-hybridized carbons (Fsp3) is 0.467. The molecule has 0 unspecified atom stereocenters. The first kappa shape index (κ1) is 14.2. The highest BCUT2D eigenvalue weighted by molar-refractivity contribution is 5.80. The van der Waals surface area contributed by atoms with Crippen molar-refractivity contribution in [3.8, 4) is 6.07 Å². The summed E-state index contributed by atoms with van der Waals surface area (Å²) in [5, 5.41) is 8.84. The van der Waals surface area contributed by atoms with Crippen LogP contribution in [0, 0.1) is 11.3 Å². The first-order valence-electron chi connectivity index (χ1n) is 6.92. The first-order valence-corrected chi connectivity index (χ1v) is 6.92. The molecule has 0 radical (unpaired) electrons. The molecule has 1 fully saturated rings. The van der Waals surface area contributed by atoms with Gasteiger partial charge >= 0.3 is 0 Å². The van der Waals surface area contributed by atoms with Gasteiger partial charge in [-0.1, -0.05) is 12.8 Å². The van der Waals surface area contributed by atoms with Gasteiger partial charge in [-0.15, -0.1) is 0 Å². The molecule has 0 spiro atoms. The number of nitrogens with two attached hydrogens (primary N) is 2. The number of hydrogen-bond acceptors (Lipinski definition) is 4. The molecular formula is C15H20N4O. The molecule has 2 rings (SSSR count). The smallest absolute Gasteiger partial charge is 0.236 e. The molecule has 1 saturated carbocycles. The second-order valence-corrected chi connectivity index (χ2v) is 5.25. The van der Waals surface area contributed by atoms with Gasteiger partial charge in [0.05, 0.1) is 19.0 Å². The number of anilines is 2. The number of hydrogen-bond donors (Lipinski definition) is 2. The highest BCUT2D eigenvalue weighted by atomic mass is 16.1. The van der Waals surface area contributed by atoms with Crippen LogP contribution in [-0.2, 0) is 11.2 Å². The molecule has 1 amide bonds. The highest BCUT2D eigenvalue weighted by Crippen LogP contribution is 2.30. The van der Waals surface area contributed by atoms with Crippen molar-refractivity contribution in [2.24, 2.45) is 5.73 Å². The van der Waals surface area contributed by atoms with E-state index in [1.165, 1.54) is 12.8 Å². The van der Waals surface area contributed by atoms with Gasteiger partial charge in [-0.3, -0.25) is 4.79 Å². The SMILES string of the molecule is N#CCc1cc(N(CC(N)=O)C2CCCC2)ccc1N. The second-order valence-electron chi connectivity index (χ2n) is 5.25. The van der Waals surface area contributed by atoms with E-state index in [0.717, 1.165) is 24.1 Å². The Morgan fingerprint density at radius 3 is 2.70 bits per heavy atom. The molecule has 0 saturated heterocycles. The summed E-state index contributed by atoms with van der Waals surface area (Å²) >= 11 is 0. The maximum atomic E-state index is 11.3. The molecule has 1 aromatic carbocycles. The van der Waals surface area contributed by atoms with E-state index in [0.29, 0.717) is 11.7 Å². The Labute approximate surface area is 119 Å². The molecule has 0 aliphatic heterocycles. The van der Waals surface area contributed by atoms with Gasteiger partial charge in [0.15, 0.2) is 0 Å². The van der Waals surface area contributed by atoms with Crippen LogP contribution in [-0.4, -0.2) is 18.5 Å². The van der Waals surface area contributed by atoms with Crippen molar-refractivity contribution in [3.05, 3.63) is 23.8 Å². The van der Waals surface area contributed by atoms with Crippen LogP contribution in [0.15, 0.2) is 18.2 Å². The van der Waals surface area contributed by atoms with E-state index in [4.69, 9.17) is 16.7 Å². The molecule has 1 aromatic rings. The van der Waals surface area contributed by atoms with Crippen LogP contribution in [0.25, 0.3) is 0 Å². The number of nitrogens with zero attached hydrogens (tertiary/aromatic N) is 2. The molecule has 5 nitrogen and oxygen atoms in total. The zero-order valence-electron chi connectivity index (χ0n) is 11.5. The van der Waals surface area contributed by atoms with Gasteiger partial charge < -0.3 is 16.4 Å². The molecule has 4 N–H and O–H groups in total. The standard InChI is InChI=1S/C15H20N4O/c16-8-7-11-9-13(5-6-14(11)17)19(10-15(18)20)12-3-1-2-4-12/h5-6,9,12H,1-4,7,10,17H2,(H2,18,20). The number of primary amides is 1. The van der Waals surface area contributed by atoms with Gasteiger partial charge in [0, 0.05) is 17.4 Å². The van der Waals surface area contributed by atoms with Gasteiger partial charge in [0.25, 0.3) is 0 Å². The average Bonchev–Trinajstić information content (AvgIpc) is 2.92. The van der Waals surface area contributed by atoms with E-state index in [9.17, 15) is 4.79 Å². The number of amides is 1. The lowest BCUT2D eigenvalue weighted by Gasteiger charge is -2.30. The van der Waals surface area contributed by atoms with Crippen LogP contribution in [0.4, 0.5) is 11.4 Å². The lowest BCUT2D eigenvalue weighted by molar-refractivity contribution is -0.116. The molecule has 0 atom stereocenters. The van der Waals surface area contributed by atoms with Gasteiger partial charge in [0.2, 0.25) is 5.91 Å². The van der Waals surface area contributed by atoms with Crippen molar-refractivity contribution in [1.82, 2.24) is 0 Å². The van der Waals surface area contributed by atoms with E-state index >= 15 is 0 Å². The Morgan fingerprint density at radius 1 is 1.40 bits per heavy atom. The summed E-state index contributed by atoms with van der Waals surface area (Å²) < 4.78 is 0. The van der Waals surface area contributed by atoms with Gasteiger partial charge in [-0.05, 0) is 36.6 Å². The summed E-state index contributed by atoms with van der Waals surface area (Å²) in [6, 6.07) is 8.06. The quantitative estimate of drug-likeness (QED) is 0.795. The highest BCUT2D eigenvalue weighted by Gasteiger charge is 2.24. The molecule has 5 heteroatoms. The Balaban J connectivity index is 2.30. The predicted molar refractivity (Wildman–Crippen MR) is 79.0 cm³/mol. The molecule has 106 valence electrons. The maximum absolute atomic E-state index is 11.3. The van der Waals surface area contributed by atoms with E-state index in [1.54, 1.807) is 6.07 Å². The minimum absolute atomic E-state index is 0.209.